The maximum Gasteiger partial charge on any atom is 0.149 e. The van der Waals surface area contributed by atoms with Crippen LogP contribution >= 0.6 is 0 Å². The van der Waals surface area contributed by atoms with Crippen molar-refractivity contribution in [2.75, 3.05) is 10.6 Å². The van der Waals surface area contributed by atoms with Crippen LogP contribution in [-0.2, 0) is 0 Å². The van der Waals surface area contributed by atoms with E-state index in [1.165, 1.54) is 12.1 Å². The highest BCUT2D eigenvalue weighted by Crippen LogP contribution is 2.26. The second kappa shape index (κ2) is 6.84. The molecule has 0 saturated carbocycles. The molecular formula is C19H18F2N4. The van der Waals surface area contributed by atoms with Gasteiger partial charge in [0, 0.05) is 17.8 Å². The zero-order valence-corrected chi connectivity index (χ0v) is 14.2. The number of nitrogens with zero attached hydrogens (tertiary/aromatic N) is 2. The molecule has 1 aromatic heterocycles. The summed E-state index contributed by atoms with van der Waals surface area (Å²) in [6.45, 7) is 5.77. The number of rotatable bonds is 4. The molecule has 1 heterocycles. The smallest absolute Gasteiger partial charge is 0.149 e. The van der Waals surface area contributed by atoms with Crippen molar-refractivity contribution in [2.45, 2.75) is 20.8 Å². The first-order valence-corrected chi connectivity index (χ1v) is 7.83. The molecule has 3 rings (SSSR count). The van der Waals surface area contributed by atoms with E-state index in [-0.39, 0.29) is 5.69 Å². The van der Waals surface area contributed by atoms with E-state index in [9.17, 15) is 8.78 Å². The molecule has 128 valence electrons. The molecular weight excluding hydrogens is 322 g/mol. The molecule has 2 aromatic carbocycles. The van der Waals surface area contributed by atoms with Gasteiger partial charge in [0.05, 0.1) is 5.69 Å². The third-order valence-corrected chi connectivity index (χ3v) is 3.77. The lowest BCUT2D eigenvalue weighted by atomic mass is 10.1. The average molecular weight is 340 g/mol. The largest absolute Gasteiger partial charge is 0.340 e. The molecule has 0 aliphatic rings. The fourth-order valence-corrected chi connectivity index (χ4v) is 2.56. The molecule has 0 amide bonds. The van der Waals surface area contributed by atoms with Gasteiger partial charge in [0.25, 0.3) is 0 Å². The van der Waals surface area contributed by atoms with Gasteiger partial charge in [-0.2, -0.15) is 0 Å². The van der Waals surface area contributed by atoms with Crippen LogP contribution in [0.4, 0.5) is 31.8 Å². The van der Waals surface area contributed by atoms with Gasteiger partial charge in [-0.15, -0.1) is 0 Å². The van der Waals surface area contributed by atoms with E-state index < -0.39 is 11.6 Å². The predicted molar refractivity (Wildman–Crippen MR) is 95.6 cm³/mol. The van der Waals surface area contributed by atoms with Gasteiger partial charge >= 0.3 is 0 Å². The van der Waals surface area contributed by atoms with Crippen LogP contribution in [0.3, 0.4) is 0 Å². The standard InChI is InChI=1S/C19H18F2N4/c1-11-5-4-6-12(2)19(11)25-18-10-17(22-13(3)23-18)24-16-8-7-14(20)9-15(16)21/h4-10H,1-3H3,(H2,22,23,24,25). The highest BCUT2D eigenvalue weighted by Gasteiger charge is 2.09. The number of hydrogen-bond acceptors (Lipinski definition) is 4. The number of nitrogens with one attached hydrogen (secondary N) is 2. The van der Waals surface area contributed by atoms with Gasteiger partial charge in [-0.05, 0) is 44.0 Å². The van der Waals surface area contributed by atoms with Crippen LogP contribution in [0.15, 0.2) is 42.5 Å². The van der Waals surface area contributed by atoms with E-state index in [0.29, 0.717) is 17.5 Å². The third kappa shape index (κ3) is 3.91. The Hall–Kier alpha value is -3.02. The molecule has 0 spiro atoms. The molecule has 0 unspecified atom stereocenters. The van der Waals surface area contributed by atoms with Crippen LogP contribution in [0.1, 0.15) is 17.0 Å². The summed E-state index contributed by atoms with van der Waals surface area (Å²) in [5.41, 5.74) is 3.31. The van der Waals surface area contributed by atoms with Crippen LogP contribution < -0.4 is 10.6 Å². The summed E-state index contributed by atoms with van der Waals surface area (Å²) in [5, 5.41) is 6.15. The molecule has 0 bridgehead atoms. The molecule has 0 radical (unpaired) electrons. The van der Waals surface area contributed by atoms with Crippen molar-refractivity contribution in [1.82, 2.24) is 9.97 Å². The van der Waals surface area contributed by atoms with Gasteiger partial charge in [-0.1, -0.05) is 18.2 Å². The number of benzene rings is 2. The van der Waals surface area contributed by atoms with Crippen LogP contribution in [0.5, 0.6) is 0 Å². The highest BCUT2D eigenvalue weighted by atomic mass is 19.1. The monoisotopic (exact) mass is 340 g/mol. The second-order valence-corrected chi connectivity index (χ2v) is 5.83. The minimum Gasteiger partial charge on any atom is -0.340 e. The number of hydrogen-bond donors (Lipinski definition) is 2. The van der Waals surface area contributed by atoms with Gasteiger partial charge < -0.3 is 10.6 Å². The fourth-order valence-electron chi connectivity index (χ4n) is 2.56. The van der Waals surface area contributed by atoms with E-state index >= 15 is 0 Å². The van der Waals surface area contributed by atoms with Crippen molar-refractivity contribution >= 4 is 23.0 Å². The molecule has 25 heavy (non-hydrogen) atoms. The fraction of sp³-hybridized carbons (Fsp3) is 0.158. The Labute approximate surface area is 145 Å². The Morgan fingerprint density at radius 3 is 2.08 bits per heavy atom. The second-order valence-electron chi connectivity index (χ2n) is 5.83. The summed E-state index contributed by atoms with van der Waals surface area (Å²) in [5.74, 6) is 0.239. The Balaban J connectivity index is 1.90. The molecule has 0 saturated heterocycles. The third-order valence-electron chi connectivity index (χ3n) is 3.77. The lowest BCUT2D eigenvalue weighted by molar-refractivity contribution is 0.586. The Kier molecular flexibility index (Phi) is 4.61. The molecule has 3 aromatic rings. The Morgan fingerprint density at radius 2 is 1.44 bits per heavy atom. The van der Waals surface area contributed by atoms with Crippen LogP contribution in [0, 0.1) is 32.4 Å². The molecule has 6 heteroatoms. The summed E-state index contributed by atoms with van der Waals surface area (Å²) in [4.78, 5) is 8.63. The molecule has 0 aliphatic heterocycles. The molecule has 0 fully saturated rings. The van der Waals surface area contributed by atoms with E-state index in [1.807, 2.05) is 32.0 Å². The lowest BCUT2D eigenvalue weighted by Crippen LogP contribution is -2.04. The molecule has 4 nitrogen and oxygen atoms in total. The Morgan fingerprint density at radius 1 is 0.800 bits per heavy atom. The van der Waals surface area contributed by atoms with Crippen molar-refractivity contribution in [3.8, 4) is 0 Å². The Bertz CT molecular complexity index is 905. The first-order chi connectivity index (χ1) is 11.9. The quantitative estimate of drug-likeness (QED) is 0.688. The van der Waals surface area contributed by atoms with Gasteiger partial charge in [-0.25, -0.2) is 18.7 Å². The number of halogens is 2. The van der Waals surface area contributed by atoms with E-state index in [2.05, 4.69) is 20.6 Å². The SMILES string of the molecule is Cc1nc(Nc2ccc(F)cc2F)cc(Nc2c(C)cccc2C)n1. The van der Waals surface area contributed by atoms with E-state index in [4.69, 9.17) is 0 Å². The molecule has 0 atom stereocenters. The van der Waals surface area contributed by atoms with Crippen molar-refractivity contribution in [3.05, 3.63) is 71.1 Å². The number of aryl methyl sites for hydroxylation is 3. The summed E-state index contributed by atoms with van der Waals surface area (Å²) in [6, 6.07) is 11.0. The van der Waals surface area contributed by atoms with Crippen molar-refractivity contribution in [3.63, 3.8) is 0 Å². The highest BCUT2D eigenvalue weighted by molar-refractivity contribution is 5.67. The van der Waals surface area contributed by atoms with Gasteiger partial charge in [0.1, 0.15) is 29.1 Å². The summed E-state index contributed by atoms with van der Waals surface area (Å²) >= 11 is 0. The summed E-state index contributed by atoms with van der Waals surface area (Å²) < 4.78 is 26.9. The normalized spacial score (nSPS) is 10.6. The predicted octanol–water partition coefficient (Wildman–Crippen LogP) is 5.17. The van der Waals surface area contributed by atoms with Crippen LogP contribution in [0.25, 0.3) is 0 Å². The maximum atomic E-state index is 13.8. The molecule has 0 aliphatic carbocycles. The first-order valence-electron chi connectivity index (χ1n) is 7.83. The minimum absolute atomic E-state index is 0.150. The van der Waals surface area contributed by atoms with Crippen molar-refractivity contribution < 1.29 is 8.78 Å². The van der Waals surface area contributed by atoms with Crippen molar-refractivity contribution in [1.29, 1.82) is 0 Å². The number of aromatic nitrogens is 2. The summed E-state index contributed by atoms with van der Waals surface area (Å²) in [7, 11) is 0. The number of para-hydroxylation sites is 1. The summed E-state index contributed by atoms with van der Waals surface area (Å²) in [6.07, 6.45) is 0. The van der Waals surface area contributed by atoms with Crippen molar-refractivity contribution in [2.24, 2.45) is 0 Å². The zero-order chi connectivity index (χ0) is 18.0. The van der Waals surface area contributed by atoms with Gasteiger partial charge in [0.2, 0.25) is 0 Å². The van der Waals surface area contributed by atoms with Crippen LogP contribution in [0.2, 0.25) is 0 Å². The topological polar surface area (TPSA) is 49.8 Å². The van der Waals surface area contributed by atoms with E-state index in [0.717, 1.165) is 22.9 Å². The zero-order valence-electron chi connectivity index (χ0n) is 14.2. The number of anilines is 4. The van der Waals surface area contributed by atoms with Crippen LogP contribution in [-0.4, -0.2) is 9.97 Å². The first kappa shape index (κ1) is 16.8. The maximum absolute atomic E-state index is 13.8. The minimum atomic E-state index is -0.680. The van der Waals surface area contributed by atoms with Gasteiger partial charge in [-0.3, -0.25) is 0 Å². The molecule has 2 N–H and O–H groups in total. The lowest BCUT2D eigenvalue weighted by Gasteiger charge is -2.14. The van der Waals surface area contributed by atoms with E-state index in [1.54, 1.807) is 13.0 Å². The average Bonchev–Trinajstić information content (AvgIpc) is 2.53. The van der Waals surface area contributed by atoms with Gasteiger partial charge in [0.15, 0.2) is 0 Å².